The Morgan fingerprint density at radius 3 is 2.30 bits per heavy atom. The maximum absolute atomic E-state index is 13.1. The molecule has 7 nitrogen and oxygen atoms in total. The highest BCUT2D eigenvalue weighted by atomic mass is 32.2. The minimum absolute atomic E-state index is 0.230. The number of hydrogen-bond donors (Lipinski definition) is 1. The van der Waals surface area contributed by atoms with Crippen molar-refractivity contribution in [2.24, 2.45) is 0 Å². The van der Waals surface area contributed by atoms with E-state index in [1.165, 1.54) is 0 Å². The molecule has 0 saturated heterocycles. The Kier molecular flexibility index (Phi) is 6.36. The highest BCUT2D eigenvalue weighted by Crippen LogP contribution is 2.30. The number of aromatic nitrogens is 2. The topological polar surface area (TPSA) is 90.4 Å². The largest absolute Gasteiger partial charge is 0.493 e. The van der Waals surface area contributed by atoms with Gasteiger partial charge in [0.2, 0.25) is 0 Å². The van der Waals surface area contributed by atoms with Crippen LogP contribution in [-0.4, -0.2) is 32.2 Å². The third-order valence-electron chi connectivity index (χ3n) is 5.19. The first-order valence-electron chi connectivity index (χ1n) is 9.64. The van der Waals surface area contributed by atoms with Crippen LogP contribution >= 0.6 is 0 Å². The van der Waals surface area contributed by atoms with Gasteiger partial charge in [-0.3, -0.25) is 4.57 Å². The molecule has 0 aliphatic rings. The monoisotopic (exact) mass is 430 g/mol. The molecule has 0 radical (unpaired) electrons. The van der Waals surface area contributed by atoms with Crippen molar-refractivity contribution in [2.75, 3.05) is 14.2 Å². The second kappa shape index (κ2) is 8.79. The van der Waals surface area contributed by atoms with Gasteiger partial charge in [0.05, 0.1) is 31.4 Å². The first-order valence-corrected chi connectivity index (χ1v) is 11.2. The van der Waals surface area contributed by atoms with Crippen molar-refractivity contribution in [3.8, 4) is 11.5 Å². The van der Waals surface area contributed by atoms with Gasteiger partial charge in [-0.25, -0.2) is 13.2 Å². The molecule has 3 aromatic rings. The van der Waals surface area contributed by atoms with Gasteiger partial charge < -0.3 is 14.5 Å². The molecule has 0 aliphatic heterocycles. The van der Waals surface area contributed by atoms with Crippen molar-refractivity contribution in [3.05, 3.63) is 76.0 Å². The van der Waals surface area contributed by atoms with E-state index in [2.05, 4.69) is 4.98 Å². The fourth-order valence-corrected chi connectivity index (χ4v) is 4.99. The maximum atomic E-state index is 13.1. The summed E-state index contributed by atoms with van der Waals surface area (Å²) in [6, 6.07) is 13.7. The zero-order valence-corrected chi connectivity index (χ0v) is 18.3. The molecule has 1 heterocycles. The zero-order chi connectivity index (χ0) is 21.9. The highest BCUT2D eigenvalue weighted by molar-refractivity contribution is 7.91. The summed E-state index contributed by atoms with van der Waals surface area (Å²) in [5, 5.41) is -0.880. The number of hydrogen-bond acceptors (Lipinski definition) is 5. The van der Waals surface area contributed by atoms with Crippen LogP contribution in [0.1, 0.15) is 36.0 Å². The second-order valence-corrected chi connectivity index (χ2v) is 9.19. The zero-order valence-electron chi connectivity index (χ0n) is 17.5. The predicted octanol–water partition coefficient (Wildman–Crippen LogP) is 3.34. The van der Waals surface area contributed by atoms with Crippen LogP contribution in [-0.2, 0) is 22.8 Å². The predicted molar refractivity (Wildman–Crippen MR) is 115 cm³/mol. The Morgan fingerprint density at radius 2 is 1.70 bits per heavy atom. The Labute approximate surface area is 176 Å². The van der Waals surface area contributed by atoms with Crippen LogP contribution in [0.25, 0.3) is 0 Å². The number of rotatable bonds is 8. The van der Waals surface area contributed by atoms with Crippen molar-refractivity contribution in [1.82, 2.24) is 9.55 Å². The average molecular weight is 431 g/mol. The number of aromatic amines is 1. The van der Waals surface area contributed by atoms with E-state index in [-0.39, 0.29) is 17.1 Å². The molecule has 30 heavy (non-hydrogen) atoms. The van der Waals surface area contributed by atoms with Gasteiger partial charge in [0, 0.05) is 5.69 Å². The summed E-state index contributed by atoms with van der Waals surface area (Å²) < 4.78 is 38.3. The number of benzene rings is 2. The van der Waals surface area contributed by atoms with Crippen molar-refractivity contribution in [3.63, 3.8) is 0 Å². The van der Waals surface area contributed by atoms with E-state index in [0.29, 0.717) is 29.3 Å². The molecule has 1 aromatic heterocycles. The van der Waals surface area contributed by atoms with Crippen LogP contribution in [0.2, 0.25) is 0 Å². The van der Waals surface area contributed by atoms with E-state index in [1.807, 2.05) is 19.1 Å². The molecule has 1 N–H and O–H groups in total. The molecule has 0 amide bonds. The summed E-state index contributed by atoms with van der Waals surface area (Å²) in [4.78, 5) is 15.7. The van der Waals surface area contributed by atoms with Crippen LogP contribution in [0.5, 0.6) is 11.5 Å². The van der Waals surface area contributed by atoms with Crippen LogP contribution in [0.4, 0.5) is 0 Å². The van der Waals surface area contributed by atoms with Gasteiger partial charge >= 0.3 is 5.69 Å². The van der Waals surface area contributed by atoms with E-state index in [9.17, 15) is 13.2 Å². The Morgan fingerprint density at radius 1 is 1.03 bits per heavy atom. The normalized spacial score (nSPS) is 12.5. The maximum Gasteiger partial charge on any atom is 0.326 e. The molecule has 0 bridgehead atoms. The SMILES string of the molecule is CCc1c([C@@H](C)S(=O)(=O)c2ccccc2)[nH]c(=O)n1Cc1ccc(OC)c(OC)c1. The number of imidazole rings is 1. The summed E-state index contributed by atoms with van der Waals surface area (Å²) in [5.41, 5.74) is 1.59. The van der Waals surface area contributed by atoms with Crippen LogP contribution in [0, 0.1) is 0 Å². The van der Waals surface area contributed by atoms with Gasteiger partial charge in [0.1, 0.15) is 5.25 Å². The molecular weight excluding hydrogens is 404 g/mol. The molecule has 0 aliphatic carbocycles. The van der Waals surface area contributed by atoms with Gasteiger partial charge in [-0.1, -0.05) is 31.2 Å². The molecule has 2 aromatic carbocycles. The Balaban J connectivity index is 2.01. The highest BCUT2D eigenvalue weighted by Gasteiger charge is 2.29. The summed E-state index contributed by atoms with van der Waals surface area (Å²) >= 11 is 0. The van der Waals surface area contributed by atoms with E-state index in [4.69, 9.17) is 9.47 Å². The van der Waals surface area contributed by atoms with Crippen molar-refractivity contribution >= 4 is 9.84 Å². The Hall–Kier alpha value is -3.00. The third kappa shape index (κ3) is 4.00. The second-order valence-electron chi connectivity index (χ2n) is 6.92. The van der Waals surface area contributed by atoms with Crippen LogP contribution in [0.3, 0.4) is 0 Å². The lowest BCUT2D eigenvalue weighted by Crippen LogP contribution is -2.19. The van der Waals surface area contributed by atoms with E-state index in [0.717, 1.165) is 5.56 Å². The smallest absolute Gasteiger partial charge is 0.326 e. The Bertz CT molecular complexity index is 1180. The van der Waals surface area contributed by atoms with Gasteiger partial charge in [0.15, 0.2) is 21.3 Å². The lowest BCUT2D eigenvalue weighted by molar-refractivity contribution is 0.354. The van der Waals surface area contributed by atoms with Crippen LogP contribution < -0.4 is 15.2 Å². The molecule has 3 rings (SSSR count). The number of H-pyrrole nitrogens is 1. The lowest BCUT2D eigenvalue weighted by Gasteiger charge is -2.15. The van der Waals surface area contributed by atoms with Gasteiger partial charge in [-0.15, -0.1) is 0 Å². The summed E-state index contributed by atoms with van der Waals surface area (Å²) in [6.45, 7) is 3.80. The lowest BCUT2D eigenvalue weighted by atomic mass is 10.1. The molecule has 160 valence electrons. The number of nitrogens with one attached hydrogen (secondary N) is 1. The van der Waals surface area contributed by atoms with Gasteiger partial charge in [0.25, 0.3) is 0 Å². The van der Waals surface area contributed by atoms with Crippen molar-refractivity contribution in [1.29, 1.82) is 0 Å². The third-order valence-corrected chi connectivity index (χ3v) is 7.29. The summed E-state index contributed by atoms with van der Waals surface area (Å²) in [5.74, 6) is 1.17. The molecule has 0 spiro atoms. The number of ether oxygens (including phenoxy) is 2. The van der Waals surface area contributed by atoms with E-state index < -0.39 is 15.1 Å². The molecule has 8 heteroatoms. The van der Waals surface area contributed by atoms with Crippen LogP contribution in [0.15, 0.2) is 58.2 Å². The summed E-state index contributed by atoms with van der Waals surface area (Å²) in [7, 11) is -0.529. The van der Waals surface area contributed by atoms with Gasteiger partial charge in [-0.05, 0) is 43.2 Å². The molecule has 1 atom stereocenters. The standard InChI is InChI=1S/C22H26N2O5S/c1-5-18-21(15(2)30(26,27)17-9-7-6-8-10-17)23-22(25)24(18)14-16-11-12-19(28-3)20(13-16)29-4/h6-13,15H,5,14H2,1-4H3,(H,23,25)/t15-/m1/s1. The fraction of sp³-hybridized carbons (Fsp3) is 0.318. The van der Waals surface area contributed by atoms with E-state index in [1.54, 1.807) is 62.1 Å². The number of nitrogens with zero attached hydrogens (tertiary/aromatic N) is 1. The summed E-state index contributed by atoms with van der Waals surface area (Å²) in [6.07, 6.45) is 0.510. The molecular formula is C22H26N2O5S. The number of sulfone groups is 1. The molecule has 0 unspecified atom stereocenters. The number of methoxy groups -OCH3 is 2. The van der Waals surface area contributed by atoms with Gasteiger partial charge in [-0.2, -0.15) is 0 Å². The minimum Gasteiger partial charge on any atom is -0.493 e. The fourth-order valence-electron chi connectivity index (χ4n) is 3.54. The molecule has 0 fully saturated rings. The first kappa shape index (κ1) is 21.7. The first-order chi connectivity index (χ1) is 14.3. The average Bonchev–Trinajstić information content (AvgIpc) is 3.08. The molecule has 0 saturated carbocycles. The van der Waals surface area contributed by atoms with Crippen molar-refractivity contribution < 1.29 is 17.9 Å². The minimum atomic E-state index is -3.64. The van der Waals surface area contributed by atoms with E-state index >= 15 is 0 Å². The van der Waals surface area contributed by atoms with Crippen molar-refractivity contribution in [2.45, 2.75) is 37.0 Å². The quantitative estimate of drug-likeness (QED) is 0.592.